The van der Waals surface area contributed by atoms with E-state index in [1.165, 1.54) is 6.42 Å². The van der Waals surface area contributed by atoms with Crippen molar-refractivity contribution in [3.63, 3.8) is 0 Å². The molecule has 1 amide bonds. The van der Waals surface area contributed by atoms with Crippen molar-refractivity contribution in [3.8, 4) is 0 Å². The van der Waals surface area contributed by atoms with Crippen LogP contribution in [0.5, 0.6) is 0 Å². The number of nitrogens with two attached hydrogens (primary N) is 1. The number of nitrogens with one attached hydrogen (secondary N) is 1. The van der Waals surface area contributed by atoms with Crippen LogP contribution < -0.4 is 11.1 Å². The fraction of sp³-hybridized carbons (Fsp3) is 0.846. The minimum atomic E-state index is -0.918. The van der Waals surface area contributed by atoms with Gasteiger partial charge in [0.15, 0.2) is 0 Å². The predicted molar refractivity (Wildman–Crippen MR) is 69.0 cm³/mol. The second-order valence-electron chi connectivity index (χ2n) is 5.66. The standard InChI is InChI=1S/C13H24N2O3/c1-8-5-9(2)7-10(6-8)15-13(18)11(14)3-4-12(16)17/h8-11H,3-7,14H2,1-2H3,(H,15,18)(H,16,17). The molecular weight excluding hydrogens is 232 g/mol. The van der Waals surface area contributed by atoms with E-state index in [4.69, 9.17) is 10.8 Å². The highest BCUT2D eigenvalue weighted by atomic mass is 16.4. The summed E-state index contributed by atoms with van der Waals surface area (Å²) < 4.78 is 0. The molecule has 1 aliphatic rings. The van der Waals surface area contributed by atoms with E-state index in [-0.39, 0.29) is 24.8 Å². The molecule has 1 fully saturated rings. The quantitative estimate of drug-likeness (QED) is 0.687. The Bertz CT molecular complexity index is 297. The first-order valence-electron chi connectivity index (χ1n) is 6.66. The molecule has 18 heavy (non-hydrogen) atoms. The van der Waals surface area contributed by atoms with E-state index in [0.29, 0.717) is 11.8 Å². The van der Waals surface area contributed by atoms with E-state index < -0.39 is 12.0 Å². The lowest BCUT2D eigenvalue weighted by Gasteiger charge is -2.32. The van der Waals surface area contributed by atoms with Crippen LogP contribution in [0.1, 0.15) is 46.0 Å². The van der Waals surface area contributed by atoms with Crippen molar-refractivity contribution in [1.29, 1.82) is 0 Å². The summed E-state index contributed by atoms with van der Waals surface area (Å²) in [6.45, 7) is 4.39. The Hall–Kier alpha value is -1.10. The highest BCUT2D eigenvalue weighted by Gasteiger charge is 2.26. The molecule has 1 aliphatic carbocycles. The summed E-state index contributed by atoms with van der Waals surface area (Å²) in [7, 11) is 0. The van der Waals surface area contributed by atoms with E-state index in [2.05, 4.69) is 19.2 Å². The average molecular weight is 256 g/mol. The second-order valence-corrected chi connectivity index (χ2v) is 5.66. The summed E-state index contributed by atoms with van der Waals surface area (Å²) in [5, 5.41) is 11.5. The van der Waals surface area contributed by atoms with Gasteiger partial charge in [-0.2, -0.15) is 0 Å². The zero-order valence-corrected chi connectivity index (χ0v) is 11.2. The number of rotatable bonds is 5. The molecule has 5 nitrogen and oxygen atoms in total. The smallest absolute Gasteiger partial charge is 0.303 e. The third kappa shape index (κ3) is 5.04. The van der Waals surface area contributed by atoms with Crippen LogP contribution in [-0.2, 0) is 9.59 Å². The van der Waals surface area contributed by atoms with Gasteiger partial charge in [0.25, 0.3) is 0 Å². The van der Waals surface area contributed by atoms with E-state index >= 15 is 0 Å². The van der Waals surface area contributed by atoms with Crippen LogP contribution in [0.4, 0.5) is 0 Å². The van der Waals surface area contributed by atoms with Gasteiger partial charge in [0, 0.05) is 12.5 Å². The Morgan fingerprint density at radius 1 is 1.28 bits per heavy atom. The lowest BCUT2D eigenvalue weighted by molar-refractivity contribution is -0.137. The third-order valence-corrected chi connectivity index (χ3v) is 3.53. The molecule has 0 aliphatic heterocycles. The number of amides is 1. The van der Waals surface area contributed by atoms with Crippen molar-refractivity contribution in [2.45, 2.75) is 58.0 Å². The monoisotopic (exact) mass is 256 g/mol. The fourth-order valence-electron chi connectivity index (χ4n) is 2.78. The number of aliphatic carboxylic acids is 1. The van der Waals surface area contributed by atoms with Gasteiger partial charge in [-0.1, -0.05) is 13.8 Å². The molecule has 0 aromatic carbocycles. The summed E-state index contributed by atoms with van der Waals surface area (Å²) in [5.41, 5.74) is 5.68. The van der Waals surface area contributed by atoms with Gasteiger partial charge < -0.3 is 16.2 Å². The molecule has 3 atom stereocenters. The van der Waals surface area contributed by atoms with Gasteiger partial charge in [0.05, 0.1) is 6.04 Å². The van der Waals surface area contributed by atoms with Crippen molar-refractivity contribution in [1.82, 2.24) is 5.32 Å². The van der Waals surface area contributed by atoms with E-state index in [0.717, 1.165) is 12.8 Å². The summed E-state index contributed by atoms with van der Waals surface area (Å²) in [5.74, 6) is 0.101. The van der Waals surface area contributed by atoms with Crippen LogP contribution >= 0.6 is 0 Å². The van der Waals surface area contributed by atoms with Gasteiger partial charge in [-0.3, -0.25) is 9.59 Å². The molecular formula is C13H24N2O3. The molecule has 5 heteroatoms. The molecule has 0 heterocycles. The Kier molecular flexibility index (Phi) is 5.59. The molecule has 1 saturated carbocycles. The van der Waals surface area contributed by atoms with Crippen molar-refractivity contribution in [2.75, 3.05) is 0 Å². The Morgan fingerprint density at radius 2 is 1.83 bits per heavy atom. The molecule has 4 N–H and O–H groups in total. The van der Waals surface area contributed by atoms with Crippen molar-refractivity contribution in [3.05, 3.63) is 0 Å². The van der Waals surface area contributed by atoms with Crippen molar-refractivity contribution >= 4 is 11.9 Å². The second kappa shape index (κ2) is 6.73. The van der Waals surface area contributed by atoms with Crippen LogP contribution in [0.15, 0.2) is 0 Å². The number of carbonyl (C=O) groups is 2. The lowest BCUT2D eigenvalue weighted by atomic mass is 9.80. The minimum absolute atomic E-state index is 0.0634. The van der Waals surface area contributed by atoms with Gasteiger partial charge in [-0.15, -0.1) is 0 Å². The maximum Gasteiger partial charge on any atom is 0.303 e. The summed E-state index contributed by atoms with van der Waals surface area (Å²) in [6.07, 6.45) is 3.31. The summed E-state index contributed by atoms with van der Waals surface area (Å²) in [6, 6.07) is -0.527. The van der Waals surface area contributed by atoms with E-state index in [9.17, 15) is 9.59 Å². The molecule has 104 valence electrons. The van der Waals surface area contributed by atoms with Gasteiger partial charge in [0.1, 0.15) is 0 Å². The molecule has 0 aromatic rings. The molecule has 3 unspecified atom stereocenters. The molecule has 0 aromatic heterocycles. The predicted octanol–water partition coefficient (Wildman–Crippen LogP) is 1.12. The average Bonchev–Trinajstić information content (AvgIpc) is 2.24. The Labute approximate surface area is 108 Å². The number of carboxylic acids is 1. The molecule has 1 rings (SSSR count). The Balaban J connectivity index is 2.36. The SMILES string of the molecule is CC1CC(C)CC(NC(=O)C(N)CCC(=O)O)C1. The maximum atomic E-state index is 11.8. The highest BCUT2D eigenvalue weighted by molar-refractivity contribution is 5.82. The summed E-state index contributed by atoms with van der Waals surface area (Å²) >= 11 is 0. The van der Waals surface area contributed by atoms with Gasteiger partial charge in [-0.05, 0) is 37.5 Å². The van der Waals surface area contributed by atoms with Crippen molar-refractivity contribution < 1.29 is 14.7 Å². The van der Waals surface area contributed by atoms with Crippen molar-refractivity contribution in [2.24, 2.45) is 17.6 Å². The summed E-state index contributed by atoms with van der Waals surface area (Å²) in [4.78, 5) is 22.2. The van der Waals surface area contributed by atoms with E-state index in [1.54, 1.807) is 0 Å². The maximum absolute atomic E-state index is 11.8. The number of hydrogen-bond donors (Lipinski definition) is 3. The topological polar surface area (TPSA) is 92.4 Å². The van der Waals surface area contributed by atoms with Gasteiger partial charge >= 0.3 is 5.97 Å². The fourth-order valence-corrected chi connectivity index (χ4v) is 2.78. The molecule has 0 spiro atoms. The molecule has 0 saturated heterocycles. The van der Waals surface area contributed by atoms with Gasteiger partial charge in [0.2, 0.25) is 5.91 Å². The first-order chi connectivity index (χ1) is 8.38. The van der Waals surface area contributed by atoms with E-state index in [1.807, 2.05) is 0 Å². The first kappa shape index (κ1) is 15.0. The number of carboxylic acid groups (broad SMARTS) is 1. The molecule has 0 bridgehead atoms. The number of carbonyl (C=O) groups excluding carboxylic acids is 1. The van der Waals surface area contributed by atoms with Crippen LogP contribution in [0.3, 0.4) is 0 Å². The van der Waals surface area contributed by atoms with Crippen LogP contribution in [0.2, 0.25) is 0 Å². The normalized spacial score (nSPS) is 29.6. The number of hydrogen-bond acceptors (Lipinski definition) is 3. The first-order valence-corrected chi connectivity index (χ1v) is 6.66. The van der Waals surface area contributed by atoms with Crippen LogP contribution in [0, 0.1) is 11.8 Å². The third-order valence-electron chi connectivity index (χ3n) is 3.53. The minimum Gasteiger partial charge on any atom is -0.481 e. The zero-order valence-electron chi connectivity index (χ0n) is 11.2. The zero-order chi connectivity index (χ0) is 13.7. The van der Waals surface area contributed by atoms with Crippen LogP contribution in [0.25, 0.3) is 0 Å². The van der Waals surface area contributed by atoms with Gasteiger partial charge in [-0.25, -0.2) is 0 Å². The largest absolute Gasteiger partial charge is 0.481 e. The Morgan fingerprint density at radius 3 is 2.33 bits per heavy atom. The highest BCUT2D eigenvalue weighted by Crippen LogP contribution is 2.28. The van der Waals surface area contributed by atoms with Crippen LogP contribution in [-0.4, -0.2) is 29.1 Å². The lowest BCUT2D eigenvalue weighted by Crippen LogP contribution is -2.47. The molecule has 0 radical (unpaired) electrons.